The molecule has 1 N–H and O–H groups in total. The Balaban J connectivity index is 1.88. The molecular weight excluding hydrogens is 278 g/mol. The van der Waals surface area contributed by atoms with E-state index < -0.39 is 10.0 Å². The molecule has 1 aliphatic heterocycles. The lowest BCUT2D eigenvalue weighted by molar-refractivity contribution is 0.279. The maximum absolute atomic E-state index is 11.6. The van der Waals surface area contributed by atoms with E-state index in [1.54, 1.807) is 12.1 Å². The first kappa shape index (κ1) is 14.9. The van der Waals surface area contributed by atoms with Crippen molar-refractivity contribution in [2.24, 2.45) is 0 Å². The molecule has 20 heavy (non-hydrogen) atoms. The number of rotatable bonds is 4. The molecule has 0 amide bonds. The topological polar surface area (TPSA) is 66.8 Å². The fourth-order valence-electron chi connectivity index (χ4n) is 2.01. The zero-order valence-corrected chi connectivity index (χ0v) is 11.9. The summed E-state index contributed by atoms with van der Waals surface area (Å²) >= 11 is 0. The third kappa shape index (κ3) is 3.97. The minimum Gasteiger partial charge on any atom is -0.492 e. The van der Waals surface area contributed by atoms with E-state index in [4.69, 9.17) is 9.84 Å². The van der Waals surface area contributed by atoms with Gasteiger partial charge >= 0.3 is 0 Å². The van der Waals surface area contributed by atoms with Crippen LogP contribution in [0.4, 0.5) is 0 Å². The summed E-state index contributed by atoms with van der Waals surface area (Å²) in [6.45, 7) is 1.08. The number of aliphatic hydroxyl groups excluding tert-OH is 1. The summed E-state index contributed by atoms with van der Waals surface area (Å²) in [6.07, 6.45) is 0.689. The maximum Gasteiger partial charge on any atom is 0.214 e. The Kier molecular flexibility index (Phi) is 5.01. The molecule has 1 saturated heterocycles. The van der Waals surface area contributed by atoms with E-state index in [1.165, 1.54) is 4.31 Å². The van der Waals surface area contributed by atoms with Crippen molar-refractivity contribution in [2.45, 2.75) is 6.42 Å². The molecule has 0 saturated carbocycles. The van der Waals surface area contributed by atoms with Gasteiger partial charge in [0.25, 0.3) is 0 Å². The van der Waals surface area contributed by atoms with Crippen LogP contribution in [0.1, 0.15) is 12.0 Å². The molecular formula is C14H17NO4S. The number of hydrogen-bond acceptors (Lipinski definition) is 4. The van der Waals surface area contributed by atoms with E-state index in [0.717, 1.165) is 5.56 Å². The molecule has 0 atom stereocenters. The van der Waals surface area contributed by atoms with Crippen LogP contribution >= 0.6 is 0 Å². The largest absolute Gasteiger partial charge is 0.492 e. The van der Waals surface area contributed by atoms with Gasteiger partial charge in [-0.1, -0.05) is 17.9 Å². The summed E-state index contributed by atoms with van der Waals surface area (Å²) < 4.78 is 30.2. The normalized spacial score (nSPS) is 17.4. The van der Waals surface area contributed by atoms with E-state index in [0.29, 0.717) is 31.9 Å². The lowest BCUT2D eigenvalue weighted by atomic mass is 10.2. The number of nitrogens with zero attached hydrogens (tertiary/aromatic N) is 1. The summed E-state index contributed by atoms with van der Waals surface area (Å²) in [5.74, 6) is 6.24. The van der Waals surface area contributed by atoms with Crippen LogP contribution in [0.15, 0.2) is 24.3 Å². The number of aliphatic hydroxyl groups is 1. The average Bonchev–Trinajstić information content (AvgIpc) is 2.76. The van der Waals surface area contributed by atoms with Crippen molar-refractivity contribution >= 4 is 10.0 Å². The maximum atomic E-state index is 11.6. The van der Waals surface area contributed by atoms with E-state index in [1.807, 2.05) is 12.1 Å². The predicted molar refractivity (Wildman–Crippen MR) is 75.9 cm³/mol. The molecule has 1 aromatic rings. The van der Waals surface area contributed by atoms with Gasteiger partial charge in [0.05, 0.1) is 5.75 Å². The van der Waals surface area contributed by atoms with Crippen molar-refractivity contribution in [2.75, 3.05) is 32.1 Å². The first-order chi connectivity index (χ1) is 9.62. The van der Waals surface area contributed by atoms with Crippen LogP contribution in [0.2, 0.25) is 0 Å². The van der Waals surface area contributed by atoms with Crippen LogP contribution < -0.4 is 4.74 Å². The molecule has 1 heterocycles. The summed E-state index contributed by atoms with van der Waals surface area (Å²) in [4.78, 5) is 0. The Morgan fingerprint density at radius 1 is 1.40 bits per heavy atom. The highest BCUT2D eigenvalue weighted by Gasteiger charge is 2.27. The number of hydrogen-bond donors (Lipinski definition) is 1. The van der Waals surface area contributed by atoms with E-state index >= 15 is 0 Å². The first-order valence-corrected chi connectivity index (χ1v) is 8.03. The highest BCUT2D eigenvalue weighted by atomic mass is 32.2. The van der Waals surface area contributed by atoms with Crippen molar-refractivity contribution in [3.05, 3.63) is 29.8 Å². The van der Waals surface area contributed by atoms with E-state index in [2.05, 4.69) is 11.8 Å². The third-order valence-corrected chi connectivity index (χ3v) is 4.91. The van der Waals surface area contributed by atoms with Gasteiger partial charge in [0, 0.05) is 18.7 Å². The van der Waals surface area contributed by atoms with Gasteiger partial charge in [-0.2, -0.15) is 4.31 Å². The quantitative estimate of drug-likeness (QED) is 0.819. The molecule has 0 aliphatic carbocycles. The van der Waals surface area contributed by atoms with Crippen LogP contribution in [0, 0.1) is 11.8 Å². The summed E-state index contributed by atoms with van der Waals surface area (Å²) in [5.41, 5.74) is 0.755. The van der Waals surface area contributed by atoms with Crippen LogP contribution in [-0.4, -0.2) is 49.9 Å². The molecule has 0 aromatic heterocycles. The molecule has 1 aliphatic rings. The van der Waals surface area contributed by atoms with Gasteiger partial charge in [0.2, 0.25) is 10.0 Å². The van der Waals surface area contributed by atoms with Crippen LogP contribution in [0.3, 0.4) is 0 Å². The van der Waals surface area contributed by atoms with Gasteiger partial charge in [0.15, 0.2) is 0 Å². The van der Waals surface area contributed by atoms with E-state index in [9.17, 15) is 8.42 Å². The number of benzene rings is 1. The second-order valence-corrected chi connectivity index (χ2v) is 6.49. The second kappa shape index (κ2) is 6.75. The van der Waals surface area contributed by atoms with Crippen molar-refractivity contribution < 1.29 is 18.3 Å². The van der Waals surface area contributed by atoms with Crippen molar-refractivity contribution in [1.82, 2.24) is 4.31 Å². The fourth-order valence-corrected chi connectivity index (χ4v) is 3.52. The van der Waals surface area contributed by atoms with E-state index in [-0.39, 0.29) is 12.4 Å². The Bertz CT molecular complexity index is 616. The molecule has 0 radical (unpaired) electrons. The van der Waals surface area contributed by atoms with Crippen molar-refractivity contribution in [1.29, 1.82) is 0 Å². The zero-order valence-electron chi connectivity index (χ0n) is 11.1. The Hall–Kier alpha value is -1.55. The summed E-state index contributed by atoms with van der Waals surface area (Å²) in [7, 11) is -3.06. The Morgan fingerprint density at radius 2 is 2.25 bits per heavy atom. The predicted octanol–water partition coefficient (Wildman–Crippen LogP) is 0.445. The van der Waals surface area contributed by atoms with Gasteiger partial charge in [0.1, 0.15) is 19.0 Å². The van der Waals surface area contributed by atoms with Gasteiger partial charge in [-0.05, 0) is 24.6 Å². The standard InChI is InChI=1S/C14H17NO4S/c16-9-2-5-13-4-1-6-14(12-13)19-10-8-15-7-3-11-20(15,17)18/h1,4,6,12,16H,3,7-11H2. The molecule has 1 fully saturated rings. The lowest BCUT2D eigenvalue weighted by Gasteiger charge is -2.14. The minimum atomic E-state index is -3.06. The summed E-state index contributed by atoms with van der Waals surface area (Å²) in [6, 6.07) is 7.19. The van der Waals surface area contributed by atoms with Crippen molar-refractivity contribution in [3.63, 3.8) is 0 Å². The fraction of sp³-hybridized carbons (Fsp3) is 0.429. The molecule has 0 unspecified atom stereocenters. The monoisotopic (exact) mass is 295 g/mol. The highest BCUT2D eigenvalue weighted by molar-refractivity contribution is 7.89. The van der Waals surface area contributed by atoms with Gasteiger partial charge in [-0.3, -0.25) is 0 Å². The van der Waals surface area contributed by atoms with Crippen molar-refractivity contribution in [3.8, 4) is 17.6 Å². The SMILES string of the molecule is O=S1(=O)CCCN1CCOc1cccc(C#CCO)c1. The smallest absolute Gasteiger partial charge is 0.214 e. The molecule has 6 heteroatoms. The van der Waals surface area contributed by atoms with Gasteiger partial charge in [-0.25, -0.2) is 8.42 Å². The minimum absolute atomic E-state index is 0.183. The lowest BCUT2D eigenvalue weighted by Crippen LogP contribution is -2.30. The third-order valence-electron chi connectivity index (χ3n) is 2.96. The average molecular weight is 295 g/mol. The highest BCUT2D eigenvalue weighted by Crippen LogP contribution is 2.15. The molecule has 5 nitrogen and oxygen atoms in total. The molecule has 0 bridgehead atoms. The zero-order chi connectivity index (χ0) is 14.4. The Morgan fingerprint density at radius 3 is 2.95 bits per heavy atom. The van der Waals surface area contributed by atoms with Crippen LogP contribution in [0.25, 0.3) is 0 Å². The summed E-state index contributed by atoms with van der Waals surface area (Å²) in [5, 5.41) is 8.64. The second-order valence-electron chi connectivity index (χ2n) is 4.40. The number of ether oxygens (including phenoxy) is 1. The number of sulfonamides is 1. The molecule has 108 valence electrons. The van der Waals surface area contributed by atoms with Gasteiger partial charge < -0.3 is 9.84 Å². The molecule has 1 aromatic carbocycles. The van der Waals surface area contributed by atoms with Crippen LogP contribution in [-0.2, 0) is 10.0 Å². The molecule has 0 spiro atoms. The van der Waals surface area contributed by atoms with Gasteiger partial charge in [-0.15, -0.1) is 0 Å². The Labute approximate surface area is 119 Å². The first-order valence-electron chi connectivity index (χ1n) is 6.42. The van der Waals surface area contributed by atoms with Crippen LogP contribution in [0.5, 0.6) is 5.75 Å². The molecule has 2 rings (SSSR count).